The molecule has 3 unspecified atom stereocenters. The SMILES string of the molecule is CN1CC(CN)C(C2CCCO2)C1. The molecule has 0 saturated carbocycles. The fourth-order valence-electron chi connectivity index (χ4n) is 2.73. The van der Waals surface area contributed by atoms with Gasteiger partial charge in [-0.3, -0.25) is 0 Å². The molecule has 0 aliphatic carbocycles. The van der Waals surface area contributed by atoms with E-state index in [-0.39, 0.29) is 0 Å². The molecule has 0 spiro atoms. The predicted octanol–water partition coefficient (Wildman–Crippen LogP) is 0.302. The van der Waals surface area contributed by atoms with Crippen molar-refractivity contribution in [2.24, 2.45) is 17.6 Å². The van der Waals surface area contributed by atoms with Gasteiger partial charge in [0.2, 0.25) is 0 Å². The van der Waals surface area contributed by atoms with Gasteiger partial charge in [-0.25, -0.2) is 0 Å². The molecule has 2 N–H and O–H groups in total. The molecule has 3 atom stereocenters. The number of nitrogens with zero attached hydrogens (tertiary/aromatic N) is 1. The fraction of sp³-hybridized carbons (Fsp3) is 1.00. The first-order valence-electron chi connectivity index (χ1n) is 5.31. The van der Waals surface area contributed by atoms with E-state index in [0.29, 0.717) is 17.9 Å². The van der Waals surface area contributed by atoms with Gasteiger partial charge in [-0.1, -0.05) is 0 Å². The largest absolute Gasteiger partial charge is 0.378 e. The molecule has 0 aromatic heterocycles. The molecular formula is C10H20N2O. The molecule has 2 heterocycles. The summed E-state index contributed by atoms with van der Waals surface area (Å²) in [6.07, 6.45) is 2.98. The molecule has 0 aromatic rings. The van der Waals surface area contributed by atoms with Crippen LogP contribution in [0.1, 0.15) is 12.8 Å². The number of rotatable bonds is 2. The van der Waals surface area contributed by atoms with Crippen LogP contribution in [0.25, 0.3) is 0 Å². The fourth-order valence-corrected chi connectivity index (χ4v) is 2.73. The molecule has 2 aliphatic heterocycles. The van der Waals surface area contributed by atoms with Crippen molar-refractivity contribution in [3.8, 4) is 0 Å². The first-order chi connectivity index (χ1) is 6.31. The van der Waals surface area contributed by atoms with Crippen LogP contribution >= 0.6 is 0 Å². The monoisotopic (exact) mass is 184 g/mol. The van der Waals surface area contributed by atoms with E-state index in [1.165, 1.54) is 19.4 Å². The van der Waals surface area contributed by atoms with E-state index in [4.69, 9.17) is 10.5 Å². The highest BCUT2D eigenvalue weighted by Crippen LogP contribution is 2.31. The molecule has 0 bridgehead atoms. The minimum Gasteiger partial charge on any atom is -0.378 e. The normalized spacial score (nSPS) is 41.5. The lowest BCUT2D eigenvalue weighted by molar-refractivity contribution is 0.0532. The minimum atomic E-state index is 0.499. The zero-order chi connectivity index (χ0) is 9.26. The second kappa shape index (κ2) is 3.95. The Morgan fingerprint density at radius 1 is 1.46 bits per heavy atom. The van der Waals surface area contributed by atoms with Crippen LogP contribution in [-0.4, -0.2) is 44.3 Å². The summed E-state index contributed by atoms with van der Waals surface area (Å²) in [4.78, 5) is 2.38. The summed E-state index contributed by atoms with van der Waals surface area (Å²) in [5.74, 6) is 1.35. The lowest BCUT2D eigenvalue weighted by Crippen LogP contribution is -2.31. The zero-order valence-corrected chi connectivity index (χ0v) is 8.41. The third-order valence-electron chi connectivity index (χ3n) is 3.42. The number of hydrogen-bond acceptors (Lipinski definition) is 3. The van der Waals surface area contributed by atoms with Gasteiger partial charge < -0.3 is 15.4 Å². The second-order valence-corrected chi connectivity index (χ2v) is 4.43. The lowest BCUT2D eigenvalue weighted by atomic mass is 9.89. The van der Waals surface area contributed by atoms with Crippen LogP contribution in [0.4, 0.5) is 0 Å². The van der Waals surface area contributed by atoms with E-state index < -0.39 is 0 Å². The smallest absolute Gasteiger partial charge is 0.0619 e. The summed E-state index contributed by atoms with van der Waals surface area (Å²) < 4.78 is 5.74. The van der Waals surface area contributed by atoms with Gasteiger partial charge in [-0.2, -0.15) is 0 Å². The van der Waals surface area contributed by atoms with Crippen LogP contribution in [0, 0.1) is 11.8 Å². The Balaban J connectivity index is 1.96. The van der Waals surface area contributed by atoms with E-state index in [0.717, 1.165) is 19.7 Å². The summed E-state index contributed by atoms with van der Waals surface area (Å²) in [5.41, 5.74) is 5.77. The summed E-state index contributed by atoms with van der Waals surface area (Å²) in [6.45, 7) is 4.10. The van der Waals surface area contributed by atoms with Gasteiger partial charge in [0.25, 0.3) is 0 Å². The Kier molecular flexibility index (Phi) is 2.86. The van der Waals surface area contributed by atoms with Crippen molar-refractivity contribution in [2.75, 3.05) is 33.3 Å². The van der Waals surface area contributed by atoms with Gasteiger partial charge in [0.05, 0.1) is 6.10 Å². The van der Waals surface area contributed by atoms with Crippen LogP contribution in [0.2, 0.25) is 0 Å². The Labute approximate surface area is 80.2 Å². The van der Waals surface area contributed by atoms with Crippen LogP contribution in [-0.2, 0) is 4.74 Å². The van der Waals surface area contributed by atoms with Crippen molar-refractivity contribution in [3.63, 3.8) is 0 Å². The van der Waals surface area contributed by atoms with Gasteiger partial charge >= 0.3 is 0 Å². The highest BCUT2D eigenvalue weighted by atomic mass is 16.5. The third kappa shape index (κ3) is 1.87. The van der Waals surface area contributed by atoms with Crippen molar-refractivity contribution in [1.29, 1.82) is 0 Å². The van der Waals surface area contributed by atoms with Crippen LogP contribution in [0.3, 0.4) is 0 Å². The van der Waals surface area contributed by atoms with Crippen LogP contribution in [0.15, 0.2) is 0 Å². The number of hydrogen-bond donors (Lipinski definition) is 1. The molecule has 0 aromatic carbocycles. The number of ether oxygens (including phenoxy) is 1. The third-order valence-corrected chi connectivity index (χ3v) is 3.42. The van der Waals surface area contributed by atoms with Crippen molar-refractivity contribution in [2.45, 2.75) is 18.9 Å². The number of nitrogens with two attached hydrogens (primary N) is 1. The highest BCUT2D eigenvalue weighted by molar-refractivity contribution is 4.89. The van der Waals surface area contributed by atoms with Gasteiger partial charge in [0.1, 0.15) is 0 Å². The summed E-state index contributed by atoms with van der Waals surface area (Å²) in [5, 5.41) is 0. The van der Waals surface area contributed by atoms with Gasteiger partial charge in [-0.05, 0) is 32.4 Å². The Morgan fingerprint density at radius 3 is 2.92 bits per heavy atom. The zero-order valence-electron chi connectivity index (χ0n) is 8.41. The first kappa shape index (κ1) is 9.44. The van der Waals surface area contributed by atoms with Gasteiger partial charge in [0.15, 0.2) is 0 Å². The maximum Gasteiger partial charge on any atom is 0.0619 e. The molecule has 0 amide bonds. The summed E-state index contributed by atoms with van der Waals surface area (Å²) in [7, 11) is 2.18. The standard InChI is InChI=1S/C10H20N2O/c1-12-6-8(5-11)9(7-12)10-3-2-4-13-10/h8-10H,2-7,11H2,1H3. The Bertz CT molecular complexity index is 166. The lowest BCUT2D eigenvalue weighted by Gasteiger charge is -2.22. The highest BCUT2D eigenvalue weighted by Gasteiger charge is 2.37. The topological polar surface area (TPSA) is 38.5 Å². The van der Waals surface area contributed by atoms with Crippen molar-refractivity contribution >= 4 is 0 Å². The van der Waals surface area contributed by atoms with Crippen LogP contribution in [0.5, 0.6) is 0 Å². The van der Waals surface area contributed by atoms with Gasteiger partial charge in [0, 0.05) is 25.6 Å². The molecule has 3 heteroatoms. The van der Waals surface area contributed by atoms with Crippen molar-refractivity contribution in [1.82, 2.24) is 4.90 Å². The maximum atomic E-state index is 5.77. The van der Waals surface area contributed by atoms with E-state index in [2.05, 4.69) is 11.9 Å². The molecule has 13 heavy (non-hydrogen) atoms. The quantitative estimate of drug-likeness (QED) is 0.671. The molecule has 2 fully saturated rings. The second-order valence-electron chi connectivity index (χ2n) is 4.43. The summed E-state index contributed by atoms with van der Waals surface area (Å²) in [6, 6.07) is 0. The van der Waals surface area contributed by atoms with Gasteiger partial charge in [-0.15, -0.1) is 0 Å². The number of likely N-dealkylation sites (tertiary alicyclic amines) is 1. The Hall–Kier alpha value is -0.120. The molecule has 2 rings (SSSR count). The molecule has 2 aliphatic rings. The van der Waals surface area contributed by atoms with E-state index in [9.17, 15) is 0 Å². The molecule has 2 saturated heterocycles. The molecule has 0 radical (unpaired) electrons. The molecular weight excluding hydrogens is 164 g/mol. The minimum absolute atomic E-state index is 0.499. The van der Waals surface area contributed by atoms with E-state index in [1.54, 1.807) is 0 Å². The van der Waals surface area contributed by atoms with Crippen molar-refractivity contribution < 1.29 is 4.74 Å². The van der Waals surface area contributed by atoms with E-state index in [1.807, 2.05) is 0 Å². The van der Waals surface area contributed by atoms with E-state index >= 15 is 0 Å². The van der Waals surface area contributed by atoms with Crippen molar-refractivity contribution in [3.05, 3.63) is 0 Å². The molecule has 76 valence electrons. The first-order valence-corrected chi connectivity index (χ1v) is 5.31. The average Bonchev–Trinajstić information content (AvgIpc) is 2.71. The average molecular weight is 184 g/mol. The molecule has 3 nitrogen and oxygen atoms in total. The van der Waals surface area contributed by atoms with Crippen LogP contribution < -0.4 is 5.73 Å². The maximum absolute atomic E-state index is 5.77. The Morgan fingerprint density at radius 2 is 2.31 bits per heavy atom. The predicted molar refractivity (Wildman–Crippen MR) is 52.5 cm³/mol. The summed E-state index contributed by atoms with van der Waals surface area (Å²) >= 11 is 0.